The number of rotatable bonds is 3. The molecule has 0 aromatic rings. The Balaban J connectivity index is 3.53. The van der Waals surface area contributed by atoms with E-state index in [1.165, 1.54) is 5.09 Å². The van der Waals surface area contributed by atoms with E-state index in [-0.39, 0.29) is 0 Å². The van der Waals surface area contributed by atoms with E-state index in [0.717, 1.165) is 0 Å². The van der Waals surface area contributed by atoms with Crippen LogP contribution in [0.5, 0.6) is 0 Å². The lowest BCUT2D eigenvalue weighted by Gasteiger charge is -2.00. The third-order valence-electron chi connectivity index (χ3n) is 0.436. The van der Waals surface area contributed by atoms with Gasteiger partial charge in [-0.3, -0.25) is 4.79 Å². The highest BCUT2D eigenvalue weighted by molar-refractivity contribution is 7.49. The van der Waals surface area contributed by atoms with E-state index in [0.29, 0.717) is 0 Å². The molecule has 0 saturated carbocycles. The largest absolute Gasteiger partial charge is 0.480 e. The number of hydrogen-bond acceptors (Lipinski definition) is 2. The van der Waals surface area contributed by atoms with E-state index in [1.54, 1.807) is 0 Å². The van der Waals surface area contributed by atoms with Gasteiger partial charge in [-0.2, -0.15) is 0 Å². The maximum atomic E-state index is 9.86. The SMILES string of the molecule is O=C(O)CNP(=O)(O)O. The van der Waals surface area contributed by atoms with E-state index >= 15 is 0 Å². The second-order valence-corrected chi connectivity index (χ2v) is 2.68. The molecule has 9 heavy (non-hydrogen) atoms. The van der Waals surface area contributed by atoms with Crippen LogP contribution in [0, 0.1) is 0 Å². The molecule has 0 aliphatic heterocycles. The highest BCUT2D eigenvalue weighted by Gasteiger charge is 2.12. The van der Waals surface area contributed by atoms with Gasteiger partial charge in [0.1, 0.15) is 6.54 Å². The smallest absolute Gasteiger partial charge is 0.400 e. The van der Waals surface area contributed by atoms with Gasteiger partial charge in [-0.25, -0.2) is 9.65 Å². The first-order chi connectivity index (χ1) is 3.92. The van der Waals surface area contributed by atoms with Gasteiger partial charge in [0.05, 0.1) is 0 Å². The minimum Gasteiger partial charge on any atom is -0.480 e. The zero-order chi connectivity index (χ0) is 7.49. The first-order valence-electron chi connectivity index (χ1n) is 1.94. The molecule has 0 heterocycles. The summed E-state index contributed by atoms with van der Waals surface area (Å²) in [6, 6.07) is 0. The summed E-state index contributed by atoms with van der Waals surface area (Å²) in [5.74, 6) is -1.31. The summed E-state index contributed by atoms with van der Waals surface area (Å²) < 4.78 is 9.86. The Morgan fingerprint density at radius 1 is 1.56 bits per heavy atom. The second-order valence-electron chi connectivity index (χ2n) is 1.27. The quantitative estimate of drug-likeness (QED) is 0.379. The molecule has 0 saturated heterocycles. The molecule has 0 amide bonds. The van der Waals surface area contributed by atoms with Crippen LogP contribution in [0.4, 0.5) is 0 Å². The lowest BCUT2D eigenvalue weighted by atomic mass is 10.7. The summed E-state index contributed by atoms with van der Waals surface area (Å²) >= 11 is 0. The fourth-order valence-corrected chi connectivity index (χ4v) is 0.512. The van der Waals surface area contributed by atoms with Crippen LogP contribution >= 0.6 is 7.75 Å². The monoisotopic (exact) mass is 155 g/mol. The predicted molar refractivity (Wildman–Crippen MR) is 27.7 cm³/mol. The molecule has 0 aromatic carbocycles. The van der Waals surface area contributed by atoms with Crippen molar-refractivity contribution in [1.29, 1.82) is 0 Å². The van der Waals surface area contributed by atoms with Gasteiger partial charge in [0, 0.05) is 0 Å². The second kappa shape index (κ2) is 2.93. The molecular formula is C2H6NO5P. The van der Waals surface area contributed by atoms with Crippen molar-refractivity contribution in [3.8, 4) is 0 Å². The van der Waals surface area contributed by atoms with E-state index in [9.17, 15) is 9.36 Å². The molecule has 0 spiro atoms. The van der Waals surface area contributed by atoms with Gasteiger partial charge in [-0.1, -0.05) is 0 Å². The van der Waals surface area contributed by atoms with Crippen molar-refractivity contribution < 1.29 is 24.3 Å². The summed E-state index contributed by atoms with van der Waals surface area (Å²) in [7, 11) is -4.35. The molecule has 0 rings (SSSR count). The zero-order valence-electron chi connectivity index (χ0n) is 4.31. The van der Waals surface area contributed by atoms with Crippen molar-refractivity contribution in [2.45, 2.75) is 0 Å². The predicted octanol–water partition coefficient (Wildman–Crippen LogP) is -1.25. The Morgan fingerprint density at radius 3 is 2.11 bits per heavy atom. The summed E-state index contributed by atoms with van der Waals surface area (Å²) in [5.41, 5.74) is 0. The average molecular weight is 155 g/mol. The molecule has 0 aromatic heterocycles. The van der Waals surface area contributed by atoms with Crippen molar-refractivity contribution in [3.05, 3.63) is 0 Å². The van der Waals surface area contributed by atoms with Crippen LogP contribution in [0.15, 0.2) is 0 Å². The maximum Gasteiger partial charge on any atom is 0.400 e. The molecule has 4 N–H and O–H groups in total. The lowest BCUT2D eigenvalue weighted by Crippen LogP contribution is -2.19. The Hall–Kier alpha value is -0.420. The number of carboxylic acids is 1. The van der Waals surface area contributed by atoms with Crippen molar-refractivity contribution >= 4 is 13.7 Å². The van der Waals surface area contributed by atoms with Gasteiger partial charge in [-0.05, 0) is 0 Å². The van der Waals surface area contributed by atoms with E-state index < -0.39 is 20.3 Å². The van der Waals surface area contributed by atoms with Gasteiger partial charge < -0.3 is 14.9 Å². The molecule has 0 bridgehead atoms. The topological polar surface area (TPSA) is 107 Å². The van der Waals surface area contributed by atoms with Crippen molar-refractivity contribution in [1.82, 2.24) is 5.09 Å². The summed E-state index contributed by atoms with van der Waals surface area (Å²) in [5, 5.41) is 9.36. The molecule has 0 fully saturated rings. The van der Waals surface area contributed by atoms with Crippen molar-refractivity contribution in [2.75, 3.05) is 6.54 Å². The highest BCUT2D eigenvalue weighted by Crippen LogP contribution is 2.26. The fraction of sp³-hybridized carbons (Fsp3) is 0.500. The van der Waals surface area contributed by atoms with Crippen molar-refractivity contribution in [3.63, 3.8) is 0 Å². The number of hydrogen-bond donors (Lipinski definition) is 4. The van der Waals surface area contributed by atoms with Crippen LogP contribution in [0.25, 0.3) is 0 Å². The van der Waals surface area contributed by atoms with Crippen LogP contribution in [0.1, 0.15) is 0 Å². The minimum atomic E-state index is -4.35. The third kappa shape index (κ3) is 7.58. The number of carbonyl (C=O) groups is 1. The molecule has 54 valence electrons. The van der Waals surface area contributed by atoms with Gasteiger partial charge in [0.15, 0.2) is 0 Å². The molecule has 7 heteroatoms. The summed E-state index contributed by atoms with van der Waals surface area (Å²) in [6.45, 7) is -0.732. The molecule has 6 nitrogen and oxygen atoms in total. The Labute approximate surface area is 50.7 Å². The Bertz CT molecular complexity index is 149. The third-order valence-corrected chi connectivity index (χ3v) is 1.01. The van der Waals surface area contributed by atoms with Gasteiger partial charge in [0.2, 0.25) is 0 Å². The number of aliphatic carboxylic acids is 1. The molecule has 0 radical (unpaired) electrons. The first-order valence-corrected chi connectivity index (χ1v) is 3.55. The Kier molecular flexibility index (Phi) is 2.80. The molecule has 0 unspecified atom stereocenters. The van der Waals surface area contributed by atoms with Gasteiger partial charge in [-0.15, -0.1) is 0 Å². The first kappa shape index (κ1) is 8.58. The summed E-state index contributed by atoms with van der Waals surface area (Å²) in [4.78, 5) is 25.6. The lowest BCUT2D eigenvalue weighted by molar-refractivity contribution is -0.135. The van der Waals surface area contributed by atoms with Crippen LogP contribution < -0.4 is 5.09 Å². The van der Waals surface area contributed by atoms with Crippen LogP contribution in [0.2, 0.25) is 0 Å². The normalized spacial score (nSPS) is 11.3. The minimum absolute atomic E-state index is 0.732. The zero-order valence-corrected chi connectivity index (χ0v) is 5.21. The maximum absolute atomic E-state index is 9.86. The highest BCUT2D eigenvalue weighted by atomic mass is 31.2. The van der Waals surface area contributed by atoms with Crippen LogP contribution in [-0.4, -0.2) is 27.4 Å². The van der Waals surface area contributed by atoms with Crippen LogP contribution in [-0.2, 0) is 9.36 Å². The number of nitrogens with one attached hydrogen (secondary N) is 1. The number of carboxylic acid groups (broad SMARTS) is 1. The van der Waals surface area contributed by atoms with E-state index in [1.807, 2.05) is 0 Å². The molecule has 0 aliphatic rings. The average Bonchev–Trinajstić information content (AvgIpc) is 1.59. The summed E-state index contributed by atoms with van der Waals surface area (Å²) in [6.07, 6.45) is 0. The van der Waals surface area contributed by atoms with Gasteiger partial charge >= 0.3 is 13.7 Å². The Morgan fingerprint density at radius 2 is 2.00 bits per heavy atom. The molecular weight excluding hydrogens is 149 g/mol. The van der Waals surface area contributed by atoms with Crippen LogP contribution in [0.3, 0.4) is 0 Å². The van der Waals surface area contributed by atoms with E-state index in [2.05, 4.69) is 0 Å². The molecule has 0 atom stereocenters. The standard InChI is InChI=1S/C2H6NO5P/c4-2(5)1-3-9(6,7)8/h1H2,(H,4,5)(H3,3,6,7,8). The molecule has 0 aliphatic carbocycles. The van der Waals surface area contributed by atoms with Gasteiger partial charge in [0.25, 0.3) is 0 Å². The van der Waals surface area contributed by atoms with E-state index in [4.69, 9.17) is 14.9 Å². The van der Waals surface area contributed by atoms with Crippen molar-refractivity contribution in [2.24, 2.45) is 0 Å². The fourth-order valence-electron chi connectivity index (χ4n) is 0.171.